The van der Waals surface area contributed by atoms with Crippen LogP contribution in [0.15, 0.2) is 23.2 Å². The van der Waals surface area contributed by atoms with Crippen molar-refractivity contribution in [1.82, 2.24) is 15.1 Å². The van der Waals surface area contributed by atoms with Crippen molar-refractivity contribution in [3.05, 3.63) is 35.1 Å². The summed E-state index contributed by atoms with van der Waals surface area (Å²) in [6.07, 6.45) is 2.42. The maximum Gasteiger partial charge on any atom is 0.193 e. The van der Waals surface area contributed by atoms with Gasteiger partial charge in [-0.05, 0) is 51.6 Å². The first kappa shape index (κ1) is 19.7. The van der Waals surface area contributed by atoms with Gasteiger partial charge in [-0.1, -0.05) is 6.07 Å². The fraction of sp³-hybridized carbons (Fsp3) is 0.632. The monoisotopic (exact) mass is 350 g/mol. The molecule has 0 amide bonds. The number of piperidine rings is 1. The summed E-state index contributed by atoms with van der Waals surface area (Å²) in [5, 5.41) is 3.40. The molecular weight excluding hydrogens is 319 g/mol. The van der Waals surface area contributed by atoms with E-state index < -0.39 is 0 Å². The van der Waals surface area contributed by atoms with Gasteiger partial charge in [-0.25, -0.2) is 4.39 Å². The fourth-order valence-electron chi connectivity index (χ4n) is 3.18. The molecule has 0 radical (unpaired) electrons. The zero-order valence-electron chi connectivity index (χ0n) is 15.9. The molecule has 1 aromatic rings. The van der Waals surface area contributed by atoms with Crippen LogP contribution in [0, 0.1) is 5.82 Å². The Bertz CT molecular complexity index is 569. The van der Waals surface area contributed by atoms with E-state index in [0.29, 0.717) is 19.2 Å². The minimum atomic E-state index is -0.153. The third-order valence-corrected chi connectivity index (χ3v) is 4.40. The van der Waals surface area contributed by atoms with E-state index >= 15 is 0 Å². The Hall–Kier alpha value is -1.66. The second-order valence-corrected chi connectivity index (χ2v) is 6.71. The topological polar surface area (TPSA) is 40.1 Å². The predicted octanol–water partition coefficient (Wildman–Crippen LogP) is 2.46. The van der Waals surface area contributed by atoms with Crippen LogP contribution in [-0.2, 0) is 17.8 Å². The van der Waals surface area contributed by atoms with E-state index in [1.807, 2.05) is 38.1 Å². The third-order valence-electron chi connectivity index (χ3n) is 4.40. The summed E-state index contributed by atoms with van der Waals surface area (Å²) in [7, 11) is 5.69. The molecular formula is C19H31FN4O. The molecule has 5 nitrogen and oxygen atoms in total. The highest BCUT2D eigenvalue weighted by Crippen LogP contribution is 2.15. The zero-order valence-corrected chi connectivity index (χ0v) is 15.9. The zero-order chi connectivity index (χ0) is 18.2. The van der Waals surface area contributed by atoms with Gasteiger partial charge in [-0.3, -0.25) is 4.99 Å². The van der Waals surface area contributed by atoms with Crippen molar-refractivity contribution in [2.24, 2.45) is 4.99 Å². The van der Waals surface area contributed by atoms with Gasteiger partial charge in [0.25, 0.3) is 0 Å². The van der Waals surface area contributed by atoms with Gasteiger partial charge in [0.05, 0.1) is 6.10 Å². The molecule has 0 unspecified atom stereocenters. The first-order valence-electron chi connectivity index (χ1n) is 9.02. The number of nitrogens with one attached hydrogen (secondary N) is 1. The summed E-state index contributed by atoms with van der Waals surface area (Å²) < 4.78 is 19.6. The number of hydrogen-bond acceptors (Lipinski definition) is 3. The van der Waals surface area contributed by atoms with E-state index in [2.05, 4.69) is 15.2 Å². The van der Waals surface area contributed by atoms with Crippen molar-refractivity contribution in [2.45, 2.75) is 39.0 Å². The van der Waals surface area contributed by atoms with Crippen molar-refractivity contribution in [2.75, 3.05) is 40.8 Å². The summed E-state index contributed by atoms with van der Waals surface area (Å²) >= 11 is 0. The summed E-state index contributed by atoms with van der Waals surface area (Å²) in [5.41, 5.74) is 1.78. The molecule has 1 aliphatic heterocycles. The molecule has 0 aliphatic carbocycles. The first-order chi connectivity index (χ1) is 12.0. The van der Waals surface area contributed by atoms with Crippen LogP contribution in [0.5, 0.6) is 0 Å². The van der Waals surface area contributed by atoms with Gasteiger partial charge in [-0.15, -0.1) is 0 Å². The number of halogens is 1. The van der Waals surface area contributed by atoms with Gasteiger partial charge in [0, 0.05) is 45.4 Å². The van der Waals surface area contributed by atoms with Crippen LogP contribution < -0.4 is 5.32 Å². The van der Waals surface area contributed by atoms with Crippen molar-refractivity contribution in [3.8, 4) is 0 Å². The van der Waals surface area contributed by atoms with Gasteiger partial charge >= 0.3 is 0 Å². The lowest BCUT2D eigenvalue weighted by Gasteiger charge is -2.34. The highest BCUT2D eigenvalue weighted by Gasteiger charge is 2.21. The molecule has 0 spiro atoms. The summed E-state index contributed by atoms with van der Waals surface area (Å²) in [6, 6.07) is 5.30. The van der Waals surface area contributed by atoms with Crippen LogP contribution in [0.25, 0.3) is 0 Å². The Balaban J connectivity index is 1.91. The number of ether oxygens (including phenoxy) is 1. The second-order valence-electron chi connectivity index (χ2n) is 6.71. The molecule has 1 N–H and O–H groups in total. The fourth-order valence-corrected chi connectivity index (χ4v) is 3.18. The maximum atomic E-state index is 13.9. The number of hydrogen-bond donors (Lipinski definition) is 1. The van der Waals surface area contributed by atoms with Crippen molar-refractivity contribution in [3.63, 3.8) is 0 Å². The lowest BCUT2D eigenvalue weighted by molar-refractivity contribution is 0.0263. The van der Waals surface area contributed by atoms with E-state index in [0.717, 1.165) is 49.6 Å². The number of guanidine groups is 1. The molecule has 6 heteroatoms. The Morgan fingerprint density at radius 2 is 2.08 bits per heavy atom. The van der Waals surface area contributed by atoms with E-state index in [1.165, 1.54) is 0 Å². The average Bonchev–Trinajstić information content (AvgIpc) is 2.59. The molecule has 0 bridgehead atoms. The lowest BCUT2D eigenvalue weighted by Crippen LogP contribution is -2.46. The van der Waals surface area contributed by atoms with E-state index in [4.69, 9.17) is 4.74 Å². The van der Waals surface area contributed by atoms with Gasteiger partial charge in [-0.2, -0.15) is 0 Å². The normalized spacial score (nSPS) is 16.6. The molecule has 1 fully saturated rings. The Morgan fingerprint density at radius 1 is 1.36 bits per heavy atom. The van der Waals surface area contributed by atoms with E-state index in [1.54, 1.807) is 13.1 Å². The molecule has 0 atom stereocenters. The smallest absolute Gasteiger partial charge is 0.193 e. The molecule has 1 aromatic carbocycles. The Labute approximate surface area is 150 Å². The molecule has 1 saturated heterocycles. The molecule has 2 rings (SSSR count). The summed E-state index contributed by atoms with van der Waals surface area (Å²) in [4.78, 5) is 8.63. The predicted molar refractivity (Wildman–Crippen MR) is 100 cm³/mol. The quantitative estimate of drug-likeness (QED) is 0.632. The highest BCUT2D eigenvalue weighted by molar-refractivity contribution is 5.79. The summed E-state index contributed by atoms with van der Waals surface area (Å²) in [6.45, 7) is 5.94. The standard InChI is InChI=1S/C19H31FN4O/c1-5-25-17-8-10-24(11-9-17)19(21-2)22-13-15-6-7-18(20)16(12-15)14-23(3)4/h6-7,12,17H,5,8-11,13-14H2,1-4H3,(H,21,22). The van der Waals surface area contributed by atoms with Crippen molar-refractivity contribution >= 4 is 5.96 Å². The lowest BCUT2D eigenvalue weighted by atomic mass is 10.1. The number of benzene rings is 1. The number of rotatable bonds is 6. The Kier molecular flexibility index (Phi) is 7.65. The number of aliphatic imine (C=N–C) groups is 1. The number of likely N-dealkylation sites (tertiary alicyclic amines) is 1. The SMILES string of the molecule is CCOC1CCN(C(=NC)NCc2ccc(F)c(CN(C)C)c2)CC1. The Morgan fingerprint density at radius 3 is 2.68 bits per heavy atom. The third kappa shape index (κ3) is 5.97. The van der Waals surface area contributed by atoms with Crippen LogP contribution in [0.3, 0.4) is 0 Å². The second kappa shape index (κ2) is 9.73. The van der Waals surface area contributed by atoms with Gasteiger partial charge < -0.3 is 19.9 Å². The minimum absolute atomic E-state index is 0.153. The maximum absolute atomic E-state index is 13.9. The molecule has 25 heavy (non-hydrogen) atoms. The highest BCUT2D eigenvalue weighted by atomic mass is 19.1. The van der Waals surface area contributed by atoms with E-state index in [-0.39, 0.29) is 5.82 Å². The molecule has 0 saturated carbocycles. The van der Waals surface area contributed by atoms with Crippen LogP contribution in [0.2, 0.25) is 0 Å². The van der Waals surface area contributed by atoms with Crippen molar-refractivity contribution < 1.29 is 9.13 Å². The van der Waals surface area contributed by atoms with Gasteiger partial charge in [0.1, 0.15) is 5.82 Å². The number of nitrogens with zero attached hydrogens (tertiary/aromatic N) is 3. The molecule has 140 valence electrons. The molecule has 1 aliphatic rings. The van der Waals surface area contributed by atoms with Crippen LogP contribution >= 0.6 is 0 Å². The van der Waals surface area contributed by atoms with Crippen LogP contribution in [0.1, 0.15) is 30.9 Å². The van der Waals surface area contributed by atoms with Crippen LogP contribution in [-0.4, -0.2) is 62.7 Å². The van der Waals surface area contributed by atoms with E-state index in [9.17, 15) is 4.39 Å². The van der Waals surface area contributed by atoms with Crippen molar-refractivity contribution in [1.29, 1.82) is 0 Å². The molecule has 0 aromatic heterocycles. The minimum Gasteiger partial charge on any atom is -0.378 e. The first-order valence-corrected chi connectivity index (χ1v) is 9.02. The van der Waals surface area contributed by atoms with Crippen LogP contribution in [0.4, 0.5) is 4.39 Å². The summed E-state index contributed by atoms with van der Waals surface area (Å²) in [5.74, 6) is 0.744. The van der Waals surface area contributed by atoms with Gasteiger partial charge in [0.2, 0.25) is 0 Å². The van der Waals surface area contributed by atoms with Gasteiger partial charge in [0.15, 0.2) is 5.96 Å². The largest absolute Gasteiger partial charge is 0.378 e. The average molecular weight is 350 g/mol. The molecule has 1 heterocycles.